The standard InChI is InChI=1S/C27H34BrF3N2O4/c1-7-11-19(10-4)22-14-23(28)26(32-24(22)15-25(34)33(5)18-27(29,30)31)37-21(13-9-3)17-36-16-20(35-6)12-8-2/h9-14H,3-4,7-8,15-18H2,1-2,5-6H3/b19-11?,20-12+,21-13+. The molecule has 204 valence electrons. The molecule has 0 aliphatic carbocycles. The molecule has 1 aromatic heterocycles. The molecule has 10 heteroatoms. The van der Waals surface area contributed by atoms with E-state index in [4.69, 9.17) is 14.2 Å². The summed E-state index contributed by atoms with van der Waals surface area (Å²) in [5.41, 5.74) is 1.51. The smallest absolute Gasteiger partial charge is 0.406 e. The Morgan fingerprint density at radius 2 is 1.81 bits per heavy atom. The van der Waals surface area contributed by atoms with E-state index in [0.717, 1.165) is 13.5 Å². The maximum absolute atomic E-state index is 12.8. The summed E-state index contributed by atoms with van der Waals surface area (Å²) in [4.78, 5) is 17.8. The van der Waals surface area contributed by atoms with Crippen molar-refractivity contribution in [3.63, 3.8) is 0 Å². The number of hydrogen-bond acceptors (Lipinski definition) is 5. The van der Waals surface area contributed by atoms with Gasteiger partial charge in [0.2, 0.25) is 11.8 Å². The van der Waals surface area contributed by atoms with E-state index in [1.807, 2.05) is 26.0 Å². The quantitative estimate of drug-likeness (QED) is 0.167. The predicted molar refractivity (Wildman–Crippen MR) is 143 cm³/mol. The minimum absolute atomic E-state index is 0.0720. The molecule has 1 amide bonds. The zero-order valence-electron chi connectivity index (χ0n) is 21.7. The number of methoxy groups -OCH3 is 1. The van der Waals surface area contributed by atoms with Crippen molar-refractivity contribution < 1.29 is 32.2 Å². The number of likely N-dealkylation sites (N-methyl/N-ethyl adjacent to an activating group) is 1. The van der Waals surface area contributed by atoms with Crippen LogP contribution in [0.2, 0.25) is 0 Å². The molecule has 0 atom stereocenters. The van der Waals surface area contributed by atoms with Gasteiger partial charge in [-0.3, -0.25) is 4.79 Å². The van der Waals surface area contributed by atoms with Crippen LogP contribution in [0.3, 0.4) is 0 Å². The minimum atomic E-state index is -4.51. The van der Waals surface area contributed by atoms with Crippen LogP contribution in [0.4, 0.5) is 13.2 Å². The summed E-state index contributed by atoms with van der Waals surface area (Å²) in [6.07, 6.45) is 5.11. The van der Waals surface area contributed by atoms with Gasteiger partial charge in [0.15, 0.2) is 0 Å². The number of alkyl halides is 3. The van der Waals surface area contributed by atoms with Crippen LogP contribution in [-0.2, 0) is 20.7 Å². The number of amides is 1. The monoisotopic (exact) mass is 586 g/mol. The highest BCUT2D eigenvalue weighted by Gasteiger charge is 2.31. The lowest BCUT2D eigenvalue weighted by atomic mass is 10.0. The molecule has 0 aromatic carbocycles. The van der Waals surface area contributed by atoms with Gasteiger partial charge in [0.05, 0.1) is 23.7 Å². The Hall–Kier alpha value is -2.85. The lowest BCUT2D eigenvalue weighted by Gasteiger charge is -2.20. The molecule has 1 aromatic rings. The highest BCUT2D eigenvalue weighted by atomic mass is 79.9. The summed E-state index contributed by atoms with van der Waals surface area (Å²) in [7, 11) is 2.66. The summed E-state index contributed by atoms with van der Waals surface area (Å²) < 4.78 is 55.8. The SMILES string of the molecule is C=C/C=C(\COC/C(=C\CC)OC)Oc1nc(CC(=O)N(C)CC(F)(F)F)c(C(C=C)=CCC)cc1Br. The van der Waals surface area contributed by atoms with Crippen molar-refractivity contribution in [3.05, 3.63) is 76.9 Å². The number of carbonyl (C=O) groups is 1. The number of ether oxygens (including phenoxy) is 3. The molecule has 0 bridgehead atoms. The van der Waals surface area contributed by atoms with Gasteiger partial charge in [-0.1, -0.05) is 45.2 Å². The van der Waals surface area contributed by atoms with Crippen LogP contribution in [0.25, 0.3) is 5.57 Å². The first-order valence-electron chi connectivity index (χ1n) is 11.6. The van der Waals surface area contributed by atoms with Gasteiger partial charge < -0.3 is 19.1 Å². The summed E-state index contributed by atoms with van der Waals surface area (Å²) in [5.74, 6) is 0.437. The lowest BCUT2D eigenvalue weighted by Crippen LogP contribution is -2.37. The largest absolute Gasteiger partial charge is 0.499 e. The average Bonchev–Trinajstić information content (AvgIpc) is 2.82. The third-order valence-corrected chi connectivity index (χ3v) is 5.42. The number of rotatable bonds is 15. The van der Waals surface area contributed by atoms with Crippen molar-refractivity contribution >= 4 is 27.4 Å². The maximum Gasteiger partial charge on any atom is 0.406 e. The molecule has 0 aliphatic heterocycles. The first kappa shape index (κ1) is 32.2. The third-order valence-electron chi connectivity index (χ3n) is 4.85. The zero-order valence-corrected chi connectivity index (χ0v) is 23.2. The first-order chi connectivity index (χ1) is 17.5. The molecule has 6 nitrogen and oxygen atoms in total. The molecule has 1 rings (SSSR count). The Morgan fingerprint density at radius 1 is 1.16 bits per heavy atom. The van der Waals surface area contributed by atoms with E-state index in [1.54, 1.807) is 25.3 Å². The molecule has 0 N–H and O–H groups in total. The molecule has 0 spiro atoms. The van der Waals surface area contributed by atoms with E-state index in [1.165, 1.54) is 6.08 Å². The van der Waals surface area contributed by atoms with Crippen LogP contribution >= 0.6 is 15.9 Å². The van der Waals surface area contributed by atoms with Crippen LogP contribution in [0.1, 0.15) is 37.9 Å². The van der Waals surface area contributed by atoms with Gasteiger partial charge in [0, 0.05) is 12.6 Å². The Bertz CT molecular complexity index is 1030. The van der Waals surface area contributed by atoms with E-state index >= 15 is 0 Å². The fourth-order valence-corrected chi connectivity index (χ4v) is 3.57. The highest BCUT2D eigenvalue weighted by molar-refractivity contribution is 9.10. The molecular formula is C27H34BrF3N2O4. The predicted octanol–water partition coefficient (Wildman–Crippen LogP) is 6.79. The first-order valence-corrected chi connectivity index (χ1v) is 12.4. The van der Waals surface area contributed by atoms with Gasteiger partial charge in [-0.05, 0) is 52.6 Å². The second kappa shape index (κ2) is 16.1. The summed E-state index contributed by atoms with van der Waals surface area (Å²) in [6.45, 7) is 10.4. The normalized spacial score (nSPS) is 12.8. The third kappa shape index (κ3) is 11.4. The van der Waals surface area contributed by atoms with Crippen LogP contribution in [0.5, 0.6) is 5.88 Å². The molecule has 0 unspecified atom stereocenters. The van der Waals surface area contributed by atoms with Crippen LogP contribution in [-0.4, -0.2) is 55.9 Å². The summed E-state index contributed by atoms with van der Waals surface area (Å²) in [5, 5.41) is 0. The molecule has 0 saturated carbocycles. The summed E-state index contributed by atoms with van der Waals surface area (Å²) >= 11 is 3.45. The summed E-state index contributed by atoms with van der Waals surface area (Å²) in [6, 6.07) is 1.71. The maximum atomic E-state index is 12.8. The average molecular weight is 587 g/mol. The van der Waals surface area contributed by atoms with Gasteiger partial charge in [-0.25, -0.2) is 4.98 Å². The van der Waals surface area contributed by atoms with Gasteiger partial charge in [-0.15, -0.1) is 0 Å². The number of halogens is 4. The van der Waals surface area contributed by atoms with Crippen molar-refractivity contribution in [1.29, 1.82) is 0 Å². The van der Waals surface area contributed by atoms with Gasteiger partial charge in [0.25, 0.3) is 0 Å². The van der Waals surface area contributed by atoms with Crippen molar-refractivity contribution in [3.8, 4) is 5.88 Å². The fourth-order valence-electron chi connectivity index (χ4n) is 3.17. The lowest BCUT2D eigenvalue weighted by molar-refractivity contribution is -0.158. The number of hydrogen-bond donors (Lipinski definition) is 0. The van der Waals surface area contributed by atoms with Crippen molar-refractivity contribution in [2.24, 2.45) is 0 Å². The highest BCUT2D eigenvalue weighted by Crippen LogP contribution is 2.32. The van der Waals surface area contributed by atoms with E-state index in [0.29, 0.717) is 38.4 Å². The fraction of sp³-hybridized carbons (Fsp3) is 0.407. The van der Waals surface area contributed by atoms with Crippen molar-refractivity contribution in [1.82, 2.24) is 9.88 Å². The number of aromatic nitrogens is 1. The van der Waals surface area contributed by atoms with Crippen molar-refractivity contribution in [2.75, 3.05) is 33.9 Å². The molecule has 0 saturated heterocycles. The molecular weight excluding hydrogens is 553 g/mol. The molecule has 0 fully saturated rings. The van der Waals surface area contributed by atoms with E-state index in [2.05, 4.69) is 34.1 Å². The molecule has 1 heterocycles. The molecule has 0 aliphatic rings. The Morgan fingerprint density at radius 3 is 2.35 bits per heavy atom. The van der Waals surface area contributed by atoms with Crippen LogP contribution in [0, 0.1) is 0 Å². The minimum Gasteiger partial charge on any atom is -0.499 e. The number of pyridine rings is 1. The topological polar surface area (TPSA) is 60.9 Å². The van der Waals surface area contributed by atoms with Gasteiger partial charge in [-0.2, -0.15) is 13.2 Å². The second-order valence-electron chi connectivity index (χ2n) is 7.83. The Balaban J connectivity index is 3.32. The zero-order chi connectivity index (χ0) is 28.0. The van der Waals surface area contributed by atoms with E-state index in [9.17, 15) is 18.0 Å². The number of nitrogens with zero attached hydrogens (tertiary/aromatic N) is 2. The van der Waals surface area contributed by atoms with Gasteiger partial charge in [0.1, 0.15) is 31.3 Å². The Kier molecular flexibility index (Phi) is 14.0. The van der Waals surface area contributed by atoms with E-state index in [-0.39, 0.29) is 31.2 Å². The van der Waals surface area contributed by atoms with Crippen molar-refractivity contribution in [2.45, 2.75) is 39.3 Å². The van der Waals surface area contributed by atoms with Crippen LogP contribution < -0.4 is 4.74 Å². The molecule has 37 heavy (non-hydrogen) atoms. The van der Waals surface area contributed by atoms with Crippen LogP contribution in [0.15, 0.2) is 65.6 Å². The van der Waals surface area contributed by atoms with Gasteiger partial charge >= 0.3 is 6.18 Å². The number of allylic oxidation sites excluding steroid dienone is 6. The Labute approximate surface area is 225 Å². The molecule has 0 radical (unpaired) electrons. The van der Waals surface area contributed by atoms with E-state index < -0.39 is 18.6 Å². The number of carbonyl (C=O) groups excluding carboxylic acids is 1. The second-order valence-corrected chi connectivity index (χ2v) is 8.68.